The number of hydrogen-bond donors (Lipinski definition) is 2. The summed E-state index contributed by atoms with van der Waals surface area (Å²) in [5, 5.41) is 6.01. The van der Waals surface area contributed by atoms with E-state index in [-0.39, 0.29) is 11.8 Å². The molecule has 0 atom stereocenters. The summed E-state index contributed by atoms with van der Waals surface area (Å²) in [7, 11) is 0. The summed E-state index contributed by atoms with van der Waals surface area (Å²) < 4.78 is 5.57. The zero-order valence-corrected chi connectivity index (χ0v) is 16.8. The van der Waals surface area contributed by atoms with Crippen molar-refractivity contribution in [1.29, 1.82) is 0 Å². The van der Waals surface area contributed by atoms with Gasteiger partial charge < -0.3 is 15.4 Å². The summed E-state index contributed by atoms with van der Waals surface area (Å²) in [6.45, 7) is 7.46. The average Bonchev–Trinajstić information content (AvgIpc) is 3.51. The van der Waals surface area contributed by atoms with Gasteiger partial charge in [-0.1, -0.05) is 19.1 Å². The summed E-state index contributed by atoms with van der Waals surface area (Å²) in [5.74, 6) is 1.02. The lowest BCUT2D eigenvalue weighted by molar-refractivity contribution is -0.125. The van der Waals surface area contributed by atoms with Crippen molar-refractivity contribution in [2.75, 3.05) is 45.9 Å². The van der Waals surface area contributed by atoms with Crippen LogP contribution in [0.5, 0.6) is 5.75 Å². The molecule has 0 radical (unpaired) electrons. The summed E-state index contributed by atoms with van der Waals surface area (Å²) >= 11 is 0. The molecule has 7 heteroatoms. The molecule has 1 aromatic rings. The number of ether oxygens (including phenoxy) is 1. The molecule has 154 valence electrons. The van der Waals surface area contributed by atoms with E-state index in [1.807, 2.05) is 24.3 Å². The van der Waals surface area contributed by atoms with Crippen LogP contribution in [0.25, 0.3) is 0 Å². The van der Waals surface area contributed by atoms with Gasteiger partial charge in [-0.2, -0.15) is 0 Å². The van der Waals surface area contributed by atoms with Gasteiger partial charge in [-0.3, -0.25) is 19.4 Å². The predicted molar refractivity (Wildman–Crippen MR) is 108 cm³/mol. The molecule has 1 aromatic carbocycles. The monoisotopic (exact) mass is 388 g/mol. The van der Waals surface area contributed by atoms with Crippen molar-refractivity contribution >= 4 is 11.8 Å². The molecule has 3 rings (SSSR count). The molecule has 1 saturated carbocycles. The normalized spacial score (nSPS) is 17.9. The van der Waals surface area contributed by atoms with Crippen LogP contribution in [-0.2, 0) is 16.1 Å². The topological polar surface area (TPSA) is 73.9 Å². The van der Waals surface area contributed by atoms with Gasteiger partial charge in [0.15, 0.2) is 0 Å². The van der Waals surface area contributed by atoms with Crippen molar-refractivity contribution in [1.82, 2.24) is 20.4 Å². The highest BCUT2D eigenvalue weighted by Crippen LogP contribution is 2.18. The number of benzene rings is 1. The van der Waals surface area contributed by atoms with E-state index in [0.717, 1.165) is 56.8 Å². The molecule has 1 aliphatic carbocycles. The van der Waals surface area contributed by atoms with Crippen LogP contribution in [0.3, 0.4) is 0 Å². The molecule has 0 spiro atoms. The zero-order chi connectivity index (χ0) is 19.8. The van der Waals surface area contributed by atoms with Crippen LogP contribution in [0.2, 0.25) is 0 Å². The molecule has 0 bridgehead atoms. The molecule has 2 fully saturated rings. The molecule has 1 heterocycles. The first kappa shape index (κ1) is 20.6. The van der Waals surface area contributed by atoms with E-state index in [1.54, 1.807) is 0 Å². The fraction of sp³-hybridized carbons (Fsp3) is 0.619. The van der Waals surface area contributed by atoms with Crippen molar-refractivity contribution in [2.45, 2.75) is 38.8 Å². The third-order valence-electron chi connectivity index (χ3n) is 5.03. The number of carbonyl (C=O) groups excluding carboxylic acids is 2. The smallest absolute Gasteiger partial charge is 0.234 e. The standard InChI is InChI=1S/C21H32N4O3/c1-2-13-28-19-7-3-17(4-8-19)14-22-20(26)15-24-9-11-25(12-10-24)16-21(27)23-18-5-6-18/h3-4,7-8,18H,2,5-6,9-16H2,1H3,(H,22,26)(H,23,27). The van der Waals surface area contributed by atoms with Gasteiger partial charge in [-0.15, -0.1) is 0 Å². The first-order chi connectivity index (χ1) is 13.6. The molecule has 2 aliphatic rings. The van der Waals surface area contributed by atoms with E-state index in [9.17, 15) is 9.59 Å². The summed E-state index contributed by atoms with van der Waals surface area (Å²) in [5.41, 5.74) is 1.06. The van der Waals surface area contributed by atoms with Crippen molar-refractivity contribution in [3.05, 3.63) is 29.8 Å². The Kier molecular flexibility index (Phi) is 7.68. The largest absolute Gasteiger partial charge is 0.494 e. The Morgan fingerprint density at radius 2 is 1.61 bits per heavy atom. The Morgan fingerprint density at radius 3 is 2.18 bits per heavy atom. The maximum absolute atomic E-state index is 12.2. The van der Waals surface area contributed by atoms with Crippen molar-refractivity contribution in [2.24, 2.45) is 0 Å². The minimum atomic E-state index is 0.0336. The highest BCUT2D eigenvalue weighted by Gasteiger charge is 2.25. The van der Waals surface area contributed by atoms with Gasteiger partial charge in [0.25, 0.3) is 0 Å². The third kappa shape index (κ3) is 7.13. The van der Waals surface area contributed by atoms with E-state index in [0.29, 0.717) is 32.3 Å². The molecule has 0 unspecified atom stereocenters. The van der Waals surface area contributed by atoms with Gasteiger partial charge in [0.1, 0.15) is 5.75 Å². The molecule has 28 heavy (non-hydrogen) atoms. The number of carbonyl (C=O) groups is 2. The van der Waals surface area contributed by atoms with Gasteiger partial charge in [-0.25, -0.2) is 0 Å². The highest BCUT2D eigenvalue weighted by molar-refractivity contribution is 5.79. The van der Waals surface area contributed by atoms with E-state index in [4.69, 9.17) is 4.74 Å². The van der Waals surface area contributed by atoms with Crippen molar-refractivity contribution in [3.8, 4) is 5.75 Å². The Morgan fingerprint density at radius 1 is 1.00 bits per heavy atom. The van der Waals surface area contributed by atoms with Gasteiger partial charge >= 0.3 is 0 Å². The molecule has 2 amide bonds. The number of hydrogen-bond acceptors (Lipinski definition) is 5. The van der Waals surface area contributed by atoms with Gasteiger partial charge in [0.2, 0.25) is 11.8 Å². The lowest BCUT2D eigenvalue weighted by Crippen LogP contribution is -2.51. The van der Waals surface area contributed by atoms with Gasteiger partial charge in [0.05, 0.1) is 19.7 Å². The van der Waals surface area contributed by atoms with E-state index in [1.165, 1.54) is 0 Å². The maximum atomic E-state index is 12.2. The second-order valence-corrected chi connectivity index (χ2v) is 7.66. The number of nitrogens with zero attached hydrogens (tertiary/aromatic N) is 2. The Balaban J connectivity index is 1.30. The SMILES string of the molecule is CCCOc1ccc(CNC(=O)CN2CCN(CC(=O)NC3CC3)CC2)cc1. The number of piperazine rings is 1. The quantitative estimate of drug-likeness (QED) is 0.625. The molecule has 2 N–H and O–H groups in total. The Hall–Kier alpha value is -2.12. The van der Waals surface area contributed by atoms with Crippen LogP contribution < -0.4 is 15.4 Å². The highest BCUT2D eigenvalue weighted by atomic mass is 16.5. The second-order valence-electron chi connectivity index (χ2n) is 7.66. The zero-order valence-electron chi connectivity index (χ0n) is 16.8. The fourth-order valence-electron chi connectivity index (χ4n) is 3.19. The van der Waals surface area contributed by atoms with Gasteiger partial charge in [0, 0.05) is 38.8 Å². The van der Waals surface area contributed by atoms with E-state index >= 15 is 0 Å². The van der Waals surface area contributed by atoms with Crippen molar-refractivity contribution < 1.29 is 14.3 Å². The molecule has 7 nitrogen and oxygen atoms in total. The first-order valence-electron chi connectivity index (χ1n) is 10.3. The number of amides is 2. The van der Waals surface area contributed by atoms with E-state index < -0.39 is 0 Å². The number of rotatable bonds is 10. The number of nitrogens with one attached hydrogen (secondary N) is 2. The van der Waals surface area contributed by atoms with Crippen LogP contribution in [0.1, 0.15) is 31.7 Å². The minimum absolute atomic E-state index is 0.0336. The average molecular weight is 389 g/mol. The third-order valence-corrected chi connectivity index (χ3v) is 5.03. The molecular formula is C21H32N4O3. The lowest BCUT2D eigenvalue weighted by atomic mass is 10.2. The molecule has 1 aliphatic heterocycles. The second kappa shape index (κ2) is 10.4. The van der Waals surface area contributed by atoms with Crippen LogP contribution in [0.4, 0.5) is 0 Å². The predicted octanol–water partition coefficient (Wildman–Crippen LogP) is 0.988. The van der Waals surface area contributed by atoms with Gasteiger partial charge in [-0.05, 0) is 37.0 Å². The fourth-order valence-corrected chi connectivity index (χ4v) is 3.19. The van der Waals surface area contributed by atoms with Crippen LogP contribution in [0.15, 0.2) is 24.3 Å². The molecule has 1 saturated heterocycles. The minimum Gasteiger partial charge on any atom is -0.494 e. The van der Waals surface area contributed by atoms with E-state index in [2.05, 4.69) is 27.4 Å². The summed E-state index contributed by atoms with van der Waals surface area (Å²) in [6.07, 6.45) is 3.22. The first-order valence-corrected chi connectivity index (χ1v) is 10.3. The maximum Gasteiger partial charge on any atom is 0.234 e. The Bertz CT molecular complexity index is 638. The molecule has 0 aromatic heterocycles. The van der Waals surface area contributed by atoms with Crippen molar-refractivity contribution in [3.63, 3.8) is 0 Å². The van der Waals surface area contributed by atoms with Crippen LogP contribution >= 0.6 is 0 Å². The molecular weight excluding hydrogens is 356 g/mol. The summed E-state index contributed by atoms with van der Waals surface area (Å²) in [6, 6.07) is 8.26. The Labute approximate surface area is 167 Å². The van der Waals surface area contributed by atoms with Crippen LogP contribution in [0, 0.1) is 0 Å². The lowest BCUT2D eigenvalue weighted by Gasteiger charge is -2.33. The summed E-state index contributed by atoms with van der Waals surface area (Å²) in [4.78, 5) is 28.4. The van der Waals surface area contributed by atoms with Crippen LogP contribution in [-0.4, -0.2) is 73.5 Å².